The van der Waals surface area contributed by atoms with Gasteiger partial charge in [0.25, 0.3) is 0 Å². The zero-order valence-corrected chi connectivity index (χ0v) is 10.3. The Morgan fingerprint density at radius 1 is 1.15 bits per heavy atom. The lowest BCUT2D eigenvalue weighted by atomic mass is 10.3. The Kier molecular flexibility index (Phi) is 3.04. The highest BCUT2D eigenvalue weighted by Crippen LogP contribution is 2.27. The van der Waals surface area contributed by atoms with Gasteiger partial charge in [-0.2, -0.15) is 0 Å². The van der Waals surface area contributed by atoms with Crippen LogP contribution in [0.4, 0.5) is 10.1 Å². The van der Waals surface area contributed by atoms with Crippen molar-refractivity contribution < 1.29 is 13.5 Å². The van der Waals surface area contributed by atoms with Gasteiger partial charge in [-0.05, 0) is 18.2 Å². The van der Waals surface area contributed by atoms with E-state index in [0.29, 0.717) is 23.0 Å². The van der Waals surface area contributed by atoms with Crippen LogP contribution < -0.4 is 10.5 Å². The van der Waals surface area contributed by atoms with Crippen molar-refractivity contribution in [3.05, 3.63) is 54.9 Å². The number of benzene rings is 1. The summed E-state index contributed by atoms with van der Waals surface area (Å²) >= 11 is 0. The normalized spacial score (nSPS) is 10.4. The number of oxazole rings is 1. The number of nitrogen functional groups attached to an aromatic ring is 1. The third-order valence-corrected chi connectivity index (χ3v) is 2.62. The van der Waals surface area contributed by atoms with Crippen molar-refractivity contribution in [2.45, 2.75) is 0 Å². The molecule has 2 heterocycles. The lowest BCUT2D eigenvalue weighted by Crippen LogP contribution is -1.92. The van der Waals surface area contributed by atoms with E-state index in [9.17, 15) is 4.39 Å². The minimum absolute atomic E-state index is 0.0782. The first-order valence-electron chi connectivity index (χ1n) is 5.80. The summed E-state index contributed by atoms with van der Waals surface area (Å²) in [6.07, 6.45) is 4.44. The van der Waals surface area contributed by atoms with Crippen molar-refractivity contribution in [2.75, 3.05) is 5.73 Å². The van der Waals surface area contributed by atoms with Gasteiger partial charge in [-0.15, -0.1) is 0 Å². The summed E-state index contributed by atoms with van der Waals surface area (Å²) in [7, 11) is 0. The van der Waals surface area contributed by atoms with E-state index in [-0.39, 0.29) is 5.69 Å². The molecule has 5 nitrogen and oxygen atoms in total. The van der Waals surface area contributed by atoms with E-state index < -0.39 is 5.82 Å². The average molecular weight is 271 g/mol. The number of pyridine rings is 1. The summed E-state index contributed by atoms with van der Waals surface area (Å²) < 4.78 is 24.1. The van der Waals surface area contributed by atoms with Crippen molar-refractivity contribution in [1.29, 1.82) is 0 Å². The maximum atomic E-state index is 13.3. The predicted molar refractivity (Wildman–Crippen MR) is 70.6 cm³/mol. The first-order chi connectivity index (χ1) is 9.72. The van der Waals surface area contributed by atoms with E-state index in [1.54, 1.807) is 30.6 Å². The monoisotopic (exact) mass is 271 g/mol. The summed E-state index contributed by atoms with van der Waals surface area (Å²) in [6, 6.07) is 7.60. The summed E-state index contributed by atoms with van der Waals surface area (Å²) in [6.45, 7) is 0. The highest BCUT2D eigenvalue weighted by atomic mass is 19.1. The Morgan fingerprint density at radius 2 is 2.00 bits per heavy atom. The van der Waals surface area contributed by atoms with Gasteiger partial charge < -0.3 is 14.9 Å². The highest BCUT2D eigenvalue weighted by molar-refractivity contribution is 5.53. The second-order valence-corrected chi connectivity index (χ2v) is 4.03. The van der Waals surface area contributed by atoms with Crippen LogP contribution in [0.1, 0.15) is 0 Å². The maximum absolute atomic E-state index is 13.3. The fraction of sp³-hybridized carbons (Fsp3) is 0. The topological polar surface area (TPSA) is 74.2 Å². The van der Waals surface area contributed by atoms with Gasteiger partial charge in [-0.1, -0.05) is 0 Å². The molecule has 0 spiro atoms. The molecule has 0 radical (unpaired) electrons. The van der Waals surface area contributed by atoms with Crippen LogP contribution in [0.25, 0.3) is 11.5 Å². The molecule has 0 atom stereocenters. The first kappa shape index (κ1) is 12.2. The minimum Gasteiger partial charge on any atom is -0.457 e. The lowest BCUT2D eigenvalue weighted by molar-refractivity contribution is 0.476. The number of hydrogen-bond donors (Lipinski definition) is 1. The van der Waals surface area contributed by atoms with E-state index in [2.05, 4.69) is 9.97 Å². The van der Waals surface area contributed by atoms with Crippen LogP contribution in [0.15, 0.2) is 53.5 Å². The molecule has 100 valence electrons. The Hall–Kier alpha value is -2.89. The summed E-state index contributed by atoms with van der Waals surface area (Å²) in [5.41, 5.74) is 6.07. The maximum Gasteiger partial charge on any atom is 0.181 e. The number of halogens is 1. The third-order valence-electron chi connectivity index (χ3n) is 2.62. The van der Waals surface area contributed by atoms with E-state index in [0.717, 1.165) is 0 Å². The molecule has 0 saturated heterocycles. The fourth-order valence-electron chi connectivity index (χ4n) is 1.66. The number of rotatable bonds is 3. The minimum atomic E-state index is -0.521. The highest BCUT2D eigenvalue weighted by Gasteiger charge is 2.06. The number of nitrogens with zero attached hydrogens (tertiary/aromatic N) is 2. The third kappa shape index (κ3) is 2.44. The number of ether oxygens (including phenoxy) is 1. The molecule has 0 saturated carbocycles. The standard InChI is InChI=1S/C14H10FN3O2/c15-11-5-9(1-2-12(11)16)20-10-3-4-18-13(6-10)14-7-17-8-19-14/h1-8H,16H2. The molecule has 0 aliphatic rings. The van der Waals surface area contributed by atoms with E-state index >= 15 is 0 Å². The van der Waals surface area contributed by atoms with Gasteiger partial charge >= 0.3 is 0 Å². The fourth-order valence-corrected chi connectivity index (χ4v) is 1.66. The molecule has 2 aromatic heterocycles. The molecule has 20 heavy (non-hydrogen) atoms. The number of nitrogens with two attached hydrogens (primary N) is 1. The predicted octanol–water partition coefficient (Wildman–Crippen LogP) is 3.25. The lowest BCUT2D eigenvalue weighted by Gasteiger charge is -2.07. The average Bonchev–Trinajstić information content (AvgIpc) is 2.97. The zero-order chi connectivity index (χ0) is 13.9. The van der Waals surface area contributed by atoms with Crippen LogP contribution in [0, 0.1) is 5.82 Å². The van der Waals surface area contributed by atoms with Crippen LogP contribution in [-0.4, -0.2) is 9.97 Å². The van der Waals surface area contributed by atoms with Gasteiger partial charge in [0.2, 0.25) is 0 Å². The Morgan fingerprint density at radius 3 is 2.75 bits per heavy atom. The molecule has 2 N–H and O–H groups in total. The second kappa shape index (κ2) is 5.00. The van der Waals surface area contributed by atoms with E-state index in [1.807, 2.05) is 0 Å². The van der Waals surface area contributed by atoms with Gasteiger partial charge in [0.15, 0.2) is 12.2 Å². The molecule has 0 amide bonds. The molecular formula is C14H10FN3O2. The van der Waals surface area contributed by atoms with Crippen LogP contribution in [0.5, 0.6) is 11.5 Å². The molecule has 3 rings (SSSR count). The van der Waals surface area contributed by atoms with Crippen molar-refractivity contribution in [3.63, 3.8) is 0 Å². The molecule has 0 unspecified atom stereocenters. The number of aromatic nitrogens is 2. The Balaban J connectivity index is 1.87. The molecule has 0 bridgehead atoms. The molecule has 0 aliphatic heterocycles. The molecule has 3 aromatic rings. The van der Waals surface area contributed by atoms with Gasteiger partial charge in [-0.25, -0.2) is 9.37 Å². The molecule has 0 fully saturated rings. The zero-order valence-electron chi connectivity index (χ0n) is 10.3. The van der Waals surface area contributed by atoms with Gasteiger partial charge in [0.1, 0.15) is 23.0 Å². The van der Waals surface area contributed by atoms with Crippen LogP contribution in [-0.2, 0) is 0 Å². The summed E-state index contributed by atoms with van der Waals surface area (Å²) in [5.74, 6) is 0.868. The van der Waals surface area contributed by atoms with E-state index in [1.165, 1.54) is 18.5 Å². The molecular weight excluding hydrogens is 261 g/mol. The number of anilines is 1. The van der Waals surface area contributed by atoms with Crippen LogP contribution in [0.2, 0.25) is 0 Å². The first-order valence-corrected chi connectivity index (χ1v) is 5.80. The largest absolute Gasteiger partial charge is 0.457 e. The van der Waals surface area contributed by atoms with Crippen molar-refractivity contribution in [2.24, 2.45) is 0 Å². The Bertz CT molecular complexity index is 729. The quantitative estimate of drug-likeness (QED) is 0.740. The van der Waals surface area contributed by atoms with Gasteiger partial charge in [-0.3, -0.25) is 4.98 Å². The molecule has 6 heteroatoms. The number of hydrogen-bond acceptors (Lipinski definition) is 5. The summed E-state index contributed by atoms with van der Waals surface area (Å²) in [5, 5.41) is 0. The van der Waals surface area contributed by atoms with Crippen molar-refractivity contribution in [1.82, 2.24) is 9.97 Å². The smallest absolute Gasteiger partial charge is 0.181 e. The SMILES string of the molecule is Nc1ccc(Oc2ccnc(-c3cnco3)c2)cc1F. The van der Waals surface area contributed by atoms with Crippen LogP contribution >= 0.6 is 0 Å². The van der Waals surface area contributed by atoms with Crippen LogP contribution in [0.3, 0.4) is 0 Å². The van der Waals surface area contributed by atoms with Gasteiger partial charge in [0.05, 0.1) is 11.9 Å². The molecule has 1 aromatic carbocycles. The van der Waals surface area contributed by atoms with E-state index in [4.69, 9.17) is 14.9 Å². The van der Waals surface area contributed by atoms with Gasteiger partial charge in [0, 0.05) is 18.3 Å². The van der Waals surface area contributed by atoms with Crippen molar-refractivity contribution in [3.8, 4) is 23.0 Å². The molecule has 0 aliphatic carbocycles. The summed E-state index contributed by atoms with van der Waals surface area (Å²) in [4.78, 5) is 7.97. The second-order valence-electron chi connectivity index (χ2n) is 4.03. The Labute approximate surface area is 113 Å². The van der Waals surface area contributed by atoms with Crippen molar-refractivity contribution >= 4 is 5.69 Å².